The quantitative estimate of drug-likeness (QED) is 0.655. The highest BCUT2D eigenvalue weighted by molar-refractivity contribution is 5.31. The van der Waals surface area contributed by atoms with E-state index in [1.54, 1.807) is 12.3 Å². The summed E-state index contributed by atoms with van der Waals surface area (Å²) in [5.74, 6) is 5.19. The lowest BCUT2D eigenvalue weighted by molar-refractivity contribution is 0.494. The summed E-state index contributed by atoms with van der Waals surface area (Å²) in [4.78, 5) is 4.07. The molecule has 0 aliphatic carbocycles. The molecule has 0 radical (unpaired) electrons. The Morgan fingerprint density at radius 2 is 2.05 bits per heavy atom. The molecule has 1 unspecified atom stereocenters. The Morgan fingerprint density at radius 3 is 2.68 bits per heavy atom. The van der Waals surface area contributed by atoms with Gasteiger partial charge in [0.15, 0.2) is 0 Å². The van der Waals surface area contributed by atoms with Gasteiger partial charge >= 0.3 is 0 Å². The lowest BCUT2D eigenvalue weighted by Gasteiger charge is -2.16. The number of nitrogens with two attached hydrogens (primary N) is 1. The Morgan fingerprint density at radius 1 is 1.26 bits per heavy atom. The molecule has 0 bridgehead atoms. The van der Waals surface area contributed by atoms with Gasteiger partial charge in [-0.1, -0.05) is 18.2 Å². The van der Waals surface area contributed by atoms with Gasteiger partial charge in [-0.25, -0.2) is 4.39 Å². The molecule has 1 aromatic heterocycles. The average molecular weight is 259 g/mol. The minimum atomic E-state index is -0.339. The predicted molar refractivity (Wildman–Crippen MR) is 73.9 cm³/mol. The van der Waals surface area contributed by atoms with Crippen molar-refractivity contribution in [3.63, 3.8) is 0 Å². The van der Waals surface area contributed by atoms with Crippen molar-refractivity contribution in [2.45, 2.75) is 26.3 Å². The maximum Gasteiger partial charge on any atom is 0.146 e. The van der Waals surface area contributed by atoms with E-state index in [-0.39, 0.29) is 11.9 Å². The number of nitrogens with one attached hydrogen (secondary N) is 1. The second-order valence-electron chi connectivity index (χ2n) is 4.71. The first-order valence-electron chi connectivity index (χ1n) is 6.24. The Kier molecular flexibility index (Phi) is 4.24. The molecule has 0 saturated heterocycles. The van der Waals surface area contributed by atoms with Gasteiger partial charge in [0.2, 0.25) is 0 Å². The van der Waals surface area contributed by atoms with Crippen LogP contribution < -0.4 is 11.3 Å². The van der Waals surface area contributed by atoms with E-state index in [0.717, 1.165) is 5.56 Å². The summed E-state index contributed by atoms with van der Waals surface area (Å²) in [6.07, 6.45) is 2.18. The summed E-state index contributed by atoms with van der Waals surface area (Å²) in [6, 6.07) is 8.83. The van der Waals surface area contributed by atoms with E-state index in [0.29, 0.717) is 12.1 Å². The number of aromatic nitrogens is 1. The Labute approximate surface area is 112 Å². The normalized spacial score (nSPS) is 12.4. The number of hydrazine groups is 1. The van der Waals surface area contributed by atoms with Crippen molar-refractivity contribution >= 4 is 0 Å². The molecule has 0 fully saturated rings. The van der Waals surface area contributed by atoms with Gasteiger partial charge < -0.3 is 0 Å². The molecule has 1 atom stereocenters. The van der Waals surface area contributed by atoms with Crippen molar-refractivity contribution in [1.82, 2.24) is 10.4 Å². The van der Waals surface area contributed by atoms with E-state index < -0.39 is 0 Å². The molecule has 19 heavy (non-hydrogen) atoms. The molecule has 4 heteroatoms. The third-order valence-electron chi connectivity index (χ3n) is 3.33. The summed E-state index contributed by atoms with van der Waals surface area (Å²) in [5.41, 5.74) is 6.56. The number of rotatable bonds is 4. The summed E-state index contributed by atoms with van der Waals surface area (Å²) in [7, 11) is 0. The van der Waals surface area contributed by atoms with Crippen molar-refractivity contribution in [1.29, 1.82) is 0 Å². The molecule has 1 heterocycles. The van der Waals surface area contributed by atoms with Gasteiger partial charge in [0, 0.05) is 6.20 Å². The number of aryl methyl sites for hydroxylation is 2. The van der Waals surface area contributed by atoms with Crippen LogP contribution in [0.5, 0.6) is 0 Å². The first-order valence-corrected chi connectivity index (χ1v) is 6.24. The lowest BCUT2D eigenvalue weighted by atomic mass is 9.99. The molecule has 2 aromatic rings. The van der Waals surface area contributed by atoms with E-state index >= 15 is 0 Å². The number of nitrogens with zero attached hydrogens (tertiary/aromatic N) is 1. The van der Waals surface area contributed by atoms with Gasteiger partial charge in [0.05, 0.1) is 11.7 Å². The Hall–Kier alpha value is -1.78. The third-order valence-corrected chi connectivity index (χ3v) is 3.33. The average Bonchev–Trinajstić information content (AvgIpc) is 2.41. The Balaban J connectivity index is 2.24. The highest BCUT2D eigenvalue weighted by Gasteiger charge is 2.16. The summed E-state index contributed by atoms with van der Waals surface area (Å²) in [5, 5.41) is 0. The van der Waals surface area contributed by atoms with Gasteiger partial charge in [-0.3, -0.25) is 16.3 Å². The molecule has 100 valence electrons. The Bertz CT molecular complexity index is 569. The monoisotopic (exact) mass is 259 g/mol. The summed E-state index contributed by atoms with van der Waals surface area (Å²) in [6.45, 7) is 4.13. The second-order valence-corrected chi connectivity index (χ2v) is 4.71. The van der Waals surface area contributed by atoms with Crippen molar-refractivity contribution in [2.75, 3.05) is 0 Å². The maximum absolute atomic E-state index is 13.7. The topological polar surface area (TPSA) is 50.9 Å². The molecular weight excluding hydrogens is 241 g/mol. The molecule has 0 aliphatic heterocycles. The van der Waals surface area contributed by atoms with Crippen LogP contribution in [0.4, 0.5) is 4.39 Å². The molecule has 3 nitrogen and oxygen atoms in total. The number of benzene rings is 1. The molecule has 0 aliphatic rings. The largest absolute Gasteiger partial charge is 0.271 e. The number of hydrogen-bond donors (Lipinski definition) is 2. The highest BCUT2D eigenvalue weighted by atomic mass is 19.1. The fourth-order valence-electron chi connectivity index (χ4n) is 2.06. The van der Waals surface area contributed by atoms with Crippen LogP contribution in [-0.4, -0.2) is 4.98 Å². The van der Waals surface area contributed by atoms with Crippen LogP contribution in [0, 0.1) is 19.7 Å². The van der Waals surface area contributed by atoms with Crippen LogP contribution in [0.1, 0.15) is 28.4 Å². The molecule has 1 aromatic carbocycles. The van der Waals surface area contributed by atoms with Crippen LogP contribution in [0.15, 0.2) is 36.5 Å². The van der Waals surface area contributed by atoms with Crippen LogP contribution in [-0.2, 0) is 6.42 Å². The van der Waals surface area contributed by atoms with E-state index in [1.807, 2.05) is 6.07 Å². The van der Waals surface area contributed by atoms with Gasteiger partial charge in [0.25, 0.3) is 0 Å². The third kappa shape index (κ3) is 3.16. The van der Waals surface area contributed by atoms with E-state index in [1.165, 1.54) is 17.2 Å². The SMILES string of the molecule is Cc1ccc(CC(NN)c2ncccc2F)cc1C. The molecular formula is C15H18FN3. The zero-order valence-corrected chi connectivity index (χ0v) is 11.2. The van der Waals surface area contributed by atoms with E-state index in [4.69, 9.17) is 5.84 Å². The minimum absolute atomic E-state index is 0.330. The number of pyridine rings is 1. The van der Waals surface area contributed by atoms with Crippen LogP contribution >= 0.6 is 0 Å². The molecule has 2 rings (SSSR count). The zero-order valence-electron chi connectivity index (χ0n) is 11.2. The molecule has 3 N–H and O–H groups in total. The van der Waals surface area contributed by atoms with Crippen molar-refractivity contribution in [2.24, 2.45) is 5.84 Å². The summed E-state index contributed by atoms with van der Waals surface area (Å²) < 4.78 is 13.7. The van der Waals surface area contributed by atoms with Crippen molar-refractivity contribution in [3.05, 3.63) is 64.7 Å². The summed E-state index contributed by atoms with van der Waals surface area (Å²) >= 11 is 0. The standard InChI is InChI=1S/C15H18FN3/c1-10-5-6-12(8-11(10)2)9-14(19-17)15-13(16)4-3-7-18-15/h3-8,14,19H,9,17H2,1-2H3. The maximum atomic E-state index is 13.7. The highest BCUT2D eigenvalue weighted by Crippen LogP contribution is 2.20. The fourth-order valence-corrected chi connectivity index (χ4v) is 2.06. The first-order chi connectivity index (χ1) is 9.11. The molecule has 0 saturated carbocycles. The second kappa shape index (κ2) is 5.91. The smallest absolute Gasteiger partial charge is 0.146 e. The lowest BCUT2D eigenvalue weighted by Crippen LogP contribution is -2.31. The van der Waals surface area contributed by atoms with E-state index in [2.05, 4.69) is 36.4 Å². The van der Waals surface area contributed by atoms with Crippen molar-refractivity contribution < 1.29 is 4.39 Å². The first kappa shape index (κ1) is 13.6. The van der Waals surface area contributed by atoms with Gasteiger partial charge in [-0.2, -0.15) is 0 Å². The van der Waals surface area contributed by atoms with Gasteiger partial charge in [0.1, 0.15) is 5.82 Å². The fraction of sp³-hybridized carbons (Fsp3) is 0.267. The van der Waals surface area contributed by atoms with Crippen molar-refractivity contribution in [3.8, 4) is 0 Å². The predicted octanol–water partition coefficient (Wildman–Crippen LogP) is 2.58. The van der Waals surface area contributed by atoms with Crippen LogP contribution in [0.25, 0.3) is 0 Å². The van der Waals surface area contributed by atoms with Crippen LogP contribution in [0.3, 0.4) is 0 Å². The van der Waals surface area contributed by atoms with Gasteiger partial charge in [-0.05, 0) is 49.1 Å². The number of halogens is 1. The number of hydrogen-bond acceptors (Lipinski definition) is 3. The molecule has 0 amide bonds. The van der Waals surface area contributed by atoms with Gasteiger partial charge in [-0.15, -0.1) is 0 Å². The van der Waals surface area contributed by atoms with E-state index in [9.17, 15) is 4.39 Å². The van der Waals surface area contributed by atoms with Crippen LogP contribution in [0.2, 0.25) is 0 Å². The zero-order chi connectivity index (χ0) is 13.8. The minimum Gasteiger partial charge on any atom is -0.271 e. The molecule has 0 spiro atoms.